The maximum Gasteiger partial charge on any atom is 0.0496 e. The molecular formula is C30H40S3. The number of hydrogen-bond acceptors (Lipinski definition) is 3. The first-order valence-electron chi connectivity index (χ1n) is 12.6. The summed E-state index contributed by atoms with van der Waals surface area (Å²) in [5, 5.41) is 0. The summed E-state index contributed by atoms with van der Waals surface area (Å²) in [6, 6.07) is 18.7. The van der Waals surface area contributed by atoms with Gasteiger partial charge in [0.2, 0.25) is 0 Å². The molecule has 0 atom stereocenters. The fourth-order valence-electron chi connectivity index (χ4n) is 4.31. The van der Waals surface area contributed by atoms with E-state index in [2.05, 4.69) is 74.9 Å². The van der Waals surface area contributed by atoms with Crippen LogP contribution >= 0.6 is 34.9 Å². The zero-order valence-electron chi connectivity index (χ0n) is 20.9. The summed E-state index contributed by atoms with van der Waals surface area (Å²) in [7, 11) is 0. The van der Waals surface area contributed by atoms with Crippen LogP contribution in [0, 0.1) is 0 Å². The standard InChI is InChI=1S/C30H40S3/c1-5-7-9-11-13-23-15-19-25(20-16-23)27-29(31-3)30(32-4)28(33-27)26-21-17-24(18-22-26)14-12-10-8-6-2/h15-22H,5-14H2,1-4H3. The molecule has 0 saturated heterocycles. The van der Waals surface area contributed by atoms with Crippen LogP contribution in [0.15, 0.2) is 58.3 Å². The van der Waals surface area contributed by atoms with Crippen LogP contribution in [0.1, 0.15) is 76.3 Å². The van der Waals surface area contributed by atoms with Gasteiger partial charge in [-0.15, -0.1) is 34.9 Å². The summed E-state index contributed by atoms with van der Waals surface area (Å²) in [5.74, 6) is 0. The van der Waals surface area contributed by atoms with Gasteiger partial charge in [0.05, 0.1) is 0 Å². The van der Waals surface area contributed by atoms with Crippen LogP contribution < -0.4 is 0 Å². The Hall–Kier alpha value is -1.16. The molecule has 2 aromatic carbocycles. The van der Waals surface area contributed by atoms with E-state index in [0.717, 1.165) is 0 Å². The lowest BCUT2D eigenvalue weighted by molar-refractivity contribution is 0.667. The molecule has 0 spiro atoms. The quantitative estimate of drug-likeness (QED) is 0.161. The van der Waals surface area contributed by atoms with E-state index in [0.29, 0.717) is 0 Å². The van der Waals surface area contributed by atoms with E-state index < -0.39 is 0 Å². The molecule has 0 aliphatic heterocycles. The van der Waals surface area contributed by atoms with Crippen molar-refractivity contribution in [2.75, 3.05) is 12.5 Å². The third kappa shape index (κ3) is 7.41. The summed E-state index contributed by atoms with van der Waals surface area (Å²) in [4.78, 5) is 5.70. The van der Waals surface area contributed by atoms with Gasteiger partial charge >= 0.3 is 0 Å². The van der Waals surface area contributed by atoms with E-state index in [1.165, 1.54) is 106 Å². The third-order valence-corrected chi connectivity index (χ3v) is 9.61. The average Bonchev–Trinajstić information content (AvgIpc) is 3.24. The number of unbranched alkanes of at least 4 members (excludes halogenated alkanes) is 6. The van der Waals surface area contributed by atoms with Crippen LogP contribution in [-0.2, 0) is 12.8 Å². The van der Waals surface area contributed by atoms with Gasteiger partial charge in [0, 0.05) is 19.5 Å². The van der Waals surface area contributed by atoms with Gasteiger partial charge in [0.15, 0.2) is 0 Å². The minimum atomic E-state index is 1.20. The van der Waals surface area contributed by atoms with Gasteiger partial charge in [-0.25, -0.2) is 0 Å². The molecule has 1 heterocycles. The molecule has 0 saturated carbocycles. The lowest BCUT2D eigenvalue weighted by atomic mass is 10.0. The SMILES string of the molecule is CCCCCCc1ccc(-c2sc(-c3ccc(CCCCCC)cc3)c(SC)c2SC)cc1. The van der Waals surface area contributed by atoms with Crippen molar-refractivity contribution in [3.8, 4) is 20.9 Å². The van der Waals surface area contributed by atoms with E-state index in [1.807, 2.05) is 34.9 Å². The van der Waals surface area contributed by atoms with Crippen LogP contribution in [0.4, 0.5) is 0 Å². The highest BCUT2D eigenvalue weighted by molar-refractivity contribution is 8.02. The van der Waals surface area contributed by atoms with E-state index in [4.69, 9.17) is 0 Å². The van der Waals surface area contributed by atoms with Crippen molar-refractivity contribution in [2.24, 2.45) is 0 Å². The molecule has 3 rings (SSSR count). The van der Waals surface area contributed by atoms with Gasteiger partial charge in [-0.05, 0) is 60.4 Å². The van der Waals surface area contributed by atoms with E-state index in [-0.39, 0.29) is 0 Å². The molecule has 33 heavy (non-hydrogen) atoms. The van der Waals surface area contributed by atoms with E-state index in [9.17, 15) is 0 Å². The van der Waals surface area contributed by atoms with Gasteiger partial charge in [-0.3, -0.25) is 0 Å². The largest absolute Gasteiger partial charge is 0.133 e. The summed E-state index contributed by atoms with van der Waals surface area (Å²) in [6.45, 7) is 4.55. The topological polar surface area (TPSA) is 0 Å². The molecule has 0 bridgehead atoms. The molecule has 0 N–H and O–H groups in total. The lowest BCUT2D eigenvalue weighted by Crippen LogP contribution is -1.86. The Morgan fingerprint density at radius 1 is 0.545 bits per heavy atom. The zero-order chi connectivity index (χ0) is 23.5. The van der Waals surface area contributed by atoms with Crippen molar-refractivity contribution in [3.63, 3.8) is 0 Å². The summed E-state index contributed by atoms with van der Waals surface area (Å²) >= 11 is 5.74. The van der Waals surface area contributed by atoms with Crippen molar-refractivity contribution in [1.82, 2.24) is 0 Å². The number of hydrogen-bond donors (Lipinski definition) is 0. The minimum absolute atomic E-state index is 1.20. The maximum absolute atomic E-state index is 2.34. The Labute approximate surface area is 215 Å². The monoisotopic (exact) mass is 496 g/mol. The fraction of sp³-hybridized carbons (Fsp3) is 0.467. The van der Waals surface area contributed by atoms with Crippen molar-refractivity contribution in [1.29, 1.82) is 0 Å². The van der Waals surface area contributed by atoms with Gasteiger partial charge in [0.25, 0.3) is 0 Å². The summed E-state index contributed by atoms with van der Waals surface area (Å²) in [6.07, 6.45) is 17.4. The lowest BCUT2D eigenvalue weighted by Gasteiger charge is -2.06. The van der Waals surface area contributed by atoms with Gasteiger partial charge < -0.3 is 0 Å². The summed E-state index contributed by atoms with van der Waals surface area (Å²) < 4.78 is 0. The van der Waals surface area contributed by atoms with Gasteiger partial charge in [-0.2, -0.15) is 0 Å². The third-order valence-electron chi connectivity index (χ3n) is 6.30. The summed E-state index contributed by atoms with van der Waals surface area (Å²) in [5.41, 5.74) is 5.65. The number of benzene rings is 2. The van der Waals surface area contributed by atoms with Crippen molar-refractivity contribution in [3.05, 3.63) is 59.7 Å². The van der Waals surface area contributed by atoms with Crippen molar-refractivity contribution < 1.29 is 0 Å². The molecule has 0 aliphatic carbocycles. The molecule has 0 amide bonds. The molecular weight excluding hydrogens is 457 g/mol. The molecule has 0 nitrogen and oxygen atoms in total. The van der Waals surface area contributed by atoms with Crippen LogP contribution in [0.5, 0.6) is 0 Å². The Kier molecular flexibility index (Phi) is 11.4. The second-order valence-electron chi connectivity index (χ2n) is 8.84. The molecule has 178 valence electrons. The maximum atomic E-state index is 2.34. The van der Waals surface area contributed by atoms with Gasteiger partial charge in [-0.1, -0.05) is 101 Å². The molecule has 0 aliphatic rings. The van der Waals surface area contributed by atoms with E-state index >= 15 is 0 Å². The van der Waals surface area contributed by atoms with Crippen LogP contribution in [0.2, 0.25) is 0 Å². The predicted octanol–water partition coefficient (Wildman–Crippen LogP) is 10.8. The first-order chi connectivity index (χ1) is 16.2. The average molecular weight is 497 g/mol. The molecule has 0 radical (unpaired) electrons. The predicted molar refractivity (Wildman–Crippen MR) is 154 cm³/mol. The van der Waals surface area contributed by atoms with Crippen LogP contribution in [0.25, 0.3) is 20.9 Å². The van der Waals surface area contributed by atoms with Crippen molar-refractivity contribution in [2.45, 2.75) is 87.8 Å². The highest BCUT2D eigenvalue weighted by Crippen LogP contribution is 2.50. The highest BCUT2D eigenvalue weighted by atomic mass is 32.2. The number of thioether (sulfide) groups is 2. The number of thiophene rings is 1. The number of rotatable bonds is 14. The second-order valence-corrected chi connectivity index (χ2v) is 11.5. The molecule has 0 fully saturated rings. The zero-order valence-corrected chi connectivity index (χ0v) is 23.4. The normalized spacial score (nSPS) is 11.3. The van der Waals surface area contributed by atoms with Gasteiger partial charge in [0.1, 0.15) is 0 Å². The Bertz CT molecular complexity index is 873. The van der Waals surface area contributed by atoms with E-state index in [1.54, 1.807) is 0 Å². The highest BCUT2D eigenvalue weighted by Gasteiger charge is 2.19. The molecule has 3 aromatic rings. The van der Waals surface area contributed by atoms with Crippen LogP contribution in [0.3, 0.4) is 0 Å². The van der Waals surface area contributed by atoms with Crippen molar-refractivity contribution >= 4 is 34.9 Å². The fourth-order valence-corrected chi connectivity index (χ4v) is 7.97. The Morgan fingerprint density at radius 2 is 0.939 bits per heavy atom. The number of aryl methyl sites for hydroxylation is 2. The minimum Gasteiger partial charge on any atom is -0.133 e. The Morgan fingerprint density at radius 3 is 1.27 bits per heavy atom. The molecule has 1 aromatic heterocycles. The molecule has 0 unspecified atom stereocenters. The molecule has 3 heteroatoms. The van der Waals surface area contributed by atoms with Crippen LogP contribution in [-0.4, -0.2) is 12.5 Å². The Balaban J connectivity index is 1.79. The second kappa shape index (κ2) is 14.3. The smallest absolute Gasteiger partial charge is 0.0496 e. The first-order valence-corrected chi connectivity index (χ1v) is 15.9. The first kappa shape index (κ1) is 26.4.